The molecule has 0 aromatic carbocycles. The standard InChI is InChI=1S/C17H16ClN5O/c1-3-12(4-2)23-15-14(10-5-6-20-11(7-10)8-19)13(18)9-21-16(15)22-17(23)24/h5-7,9,12H,3-4H2,1-2H3,(H,21,22,24). The highest BCUT2D eigenvalue weighted by Crippen LogP contribution is 2.35. The molecule has 3 aromatic rings. The Morgan fingerprint density at radius 3 is 2.79 bits per heavy atom. The summed E-state index contributed by atoms with van der Waals surface area (Å²) in [5.74, 6) is 0. The van der Waals surface area contributed by atoms with E-state index in [-0.39, 0.29) is 11.7 Å². The van der Waals surface area contributed by atoms with Crippen molar-refractivity contribution >= 4 is 22.8 Å². The molecule has 6 nitrogen and oxygen atoms in total. The van der Waals surface area contributed by atoms with E-state index in [2.05, 4.69) is 15.0 Å². The second-order valence-electron chi connectivity index (χ2n) is 5.49. The first-order valence-corrected chi connectivity index (χ1v) is 8.13. The van der Waals surface area contributed by atoms with Crippen molar-refractivity contribution in [2.75, 3.05) is 0 Å². The number of hydrogen-bond donors (Lipinski definition) is 1. The lowest BCUT2D eigenvalue weighted by Gasteiger charge is -2.16. The average molecular weight is 342 g/mol. The van der Waals surface area contributed by atoms with E-state index in [0.29, 0.717) is 27.4 Å². The Labute approximate surface area is 143 Å². The quantitative estimate of drug-likeness (QED) is 0.784. The van der Waals surface area contributed by atoms with Crippen molar-refractivity contribution in [2.45, 2.75) is 32.7 Å². The van der Waals surface area contributed by atoms with Gasteiger partial charge in [-0.15, -0.1) is 0 Å². The highest BCUT2D eigenvalue weighted by molar-refractivity contribution is 6.34. The van der Waals surface area contributed by atoms with Crippen LogP contribution < -0.4 is 5.69 Å². The fourth-order valence-electron chi connectivity index (χ4n) is 2.99. The van der Waals surface area contributed by atoms with Gasteiger partial charge in [0.25, 0.3) is 0 Å². The molecule has 0 bridgehead atoms. The Bertz CT molecular complexity index is 994. The second-order valence-corrected chi connectivity index (χ2v) is 5.90. The Morgan fingerprint density at radius 1 is 1.38 bits per heavy atom. The summed E-state index contributed by atoms with van der Waals surface area (Å²) in [6.07, 6.45) is 4.70. The molecule has 3 heterocycles. The first-order chi connectivity index (χ1) is 11.6. The van der Waals surface area contributed by atoms with E-state index in [9.17, 15) is 4.79 Å². The maximum absolute atomic E-state index is 12.5. The predicted octanol–water partition coefficient (Wildman–Crippen LogP) is 3.67. The lowest BCUT2D eigenvalue weighted by atomic mass is 10.1. The van der Waals surface area contributed by atoms with Crippen molar-refractivity contribution in [3.63, 3.8) is 0 Å². The summed E-state index contributed by atoms with van der Waals surface area (Å²) in [5, 5.41) is 9.52. The molecular weight excluding hydrogens is 326 g/mol. The van der Waals surface area contributed by atoms with Crippen LogP contribution in [-0.4, -0.2) is 19.5 Å². The van der Waals surface area contributed by atoms with Gasteiger partial charge in [0.15, 0.2) is 5.65 Å². The largest absolute Gasteiger partial charge is 0.327 e. The van der Waals surface area contributed by atoms with Crippen molar-refractivity contribution in [3.8, 4) is 17.2 Å². The van der Waals surface area contributed by atoms with Crippen molar-refractivity contribution in [1.82, 2.24) is 19.5 Å². The minimum Gasteiger partial charge on any atom is -0.290 e. The van der Waals surface area contributed by atoms with Gasteiger partial charge in [0, 0.05) is 24.0 Å². The van der Waals surface area contributed by atoms with E-state index in [1.165, 1.54) is 6.20 Å². The van der Waals surface area contributed by atoms with Crippen molar-refractivity contribution in [1.29, 1.82) is 5.26 Å². The van der Waals surface area contributed by atoms with E-state index in [0.717, 1.165) is 18.4 Å². The number of nitrogens with one attached hydrogen (secondary N) is 1. The van der Waals surface area contributed by atoms with Gasteiger partial charge in [-0.05, 0) is 30.5 Å². The molecule has 0 radical (unpaired) electrons. The van der Waals surface area contributed by atoms with Crippen LogP contribution in [0.15, 0.2) is 29.3 Å². The van der Waals surface area contributed by atoms with Crippen LogP contribution in [0.25, 0.3) is 22.3 Å². The van der Waals surface area contributed by atoms with Gasteiger partial charge in [-0.25, -0.2) is 14.8 Å². The van der Waals surface area contributed by atoms with Crippen LogP contribution in [0.2, 0.25) is 5.02 Å². The molecule has 0 amide bonds. The van der Waals surface area contributed by atoms with Gasteiger partial charge < -0.3 is 0 Å². The smallest absolute Gasteiger partial charge is 0.290 e. The van der Waals surface area contributed by atoms with Crippen LogP contribution in [0.4, 0.5) is 0 Å². The predicted molar refractivity (Wildman–Crippen MR) is 92.9 cm³/mol. The first-order valence-electron chi connectivity index (χ1n) is 7.75. The maximum atomic E-state index is 12.5. The Morgan fingerprint density at radius 2 is 2.12 bits per heavy atom. The third kappa shape index (κ3) is 2.57. The van der Waals surface area contributed by atoms with Crippen LogP contribution in [0.1, 0.15) is 38.4 Å². The average Bonchev–Trinajstić information content (AvgIpc) is 2.92. The summed E-state index contributed by atoms with van der Waals surface area (Å²) in [7, 11) is 0. The monoisotopic (exact) mass is 341 g/mol. The lowest BCUT2D eigenvalue weighted by molar-refractivity contribution is 0.472. The minimum atomic E-state index is -0.204. The van der Waals surface area contributed by atoms with Crippen LogP contribution >= 0.6 is 11.6 Å². The normalized spacial score (nSPS) is 11.1. The van der Waals surface area contributed by atoms with Gasteiger partial charge in [-0.1, -0.05) is 25.4 Å². The zero-order chi connectivity index (χ0) is 17.3. The topological polar surface area (TPSA) is 87.4 Å². The molecule has 0 spiro atoms. The summed E-state index contributed by atoms with van der Waals surface area (Å²) in [6.45, 7) is 4.08. The molecule has 3 aromatic heterocycles. The highest BCUT2D eigenvalue weighted by atomic mass is 35.5. The summed E-state index contributed by atoms with van der Waals surface area (Å²) < 4.78 is 1.72. The molecule has 0 saturated heterocycles. The second kappa shape index (κ2) is 6.46. The number of nitriles is 1. The maximum Gasteiger partial charge on any atom is 0.327 e. The van der Waals surface area contributed by atoms with Gasteiger partial charge in [0.1, 0.15) is 11.8 Å². The number of imidazole rings is 1. The summed E-state index contributed by atoms with van der Waals surface area (Å²) in [5.41, 5.74) is 2.66. The number of hydrogen-bond acceptors (Lipinski definition) is 4. The molecule has 0 aliphatic rings. The molecule has 0 aliphatic heterocycles. The number of aromatic nitrogens is 4. The fraction of sp³-hybridized carbons (Fsp3) is 0.294. The molecule has 1 N–H and O–H groups in total. The SMILES string of the molecule is CCC(CC)n1c(=O)[nH]c2ncc(Cl)c(-c3ccnc(C#N)c3)c21. The minimum absolute atomic E-state index is 0.0440. The molecule has 0 atom stereocenters. The molecule has 0 saturated carbocycles. The van der Waals surface area contributed by atoms with Crippen LogP contribution in [-0.2, 0) is 0 Å². The molecule has 3 rings (SSSR count). The molecule has 24 heavy (non-hydrogen) atoms. The zero-order valence-electron chi connectivity index (χ0n) is 13.4. The van der Waals surface area contributed by atoms with Gasteiger partial charge in [0.2, 0.25) is 0 Å². The van der Waals surface area contributed by atoms with Gasteiger partial charge in [-0.3, -0.25) is 9.55 Å². The summed E-state index contributed by atoms with van der Waals surface area (Å²) in [6, 6.07) is 5.50. The Kier molecular flexibility index (Phi) is 4.36. The number of nitrogens with zero attached hydrogens (tertiary/aromatic N) is 4. The van der Waals surface area contributed by atoms with E-state index >= 15 is 0 Å². The number of rotatable bonds is 4. The highest BCUT2D eigenvalue weighted by Gasteiger charge is 2.21. The molecule has 0 fully saturated rings. The van der Waals surface area contributed by atoms with Crippen LogP contribution in [0.5, 0.6) is 0 Å². The molecule has 0 unspecified atom stereocenters. The number of halogens is 1. The van der Waals surface area contributed by atoms with Crippen molar-refractivity contribution in [3.05, 3.63) is 45.7 Å². The lowest BCUT2D eigenvalue weighted by Crippen LogP contribution is -2.21. The third-order valence-electron chi connectivity index (χ3n) is 4.16. The Balaban J connectivity index is 2.41. The van der Waals surface area contributed by atoms with E-state index < -0.39 is 0 Å². The fourth-order valence-corrected chi connectivity index (χ4v) is 3.24. The third-order valence-corrected chi connectivity index (χ3v) is 4.45. The van der Waals surface area contributed by atoms with E-state index in [1.54, 1.807) is 22.9 Å². The van der Waals surface area contributed by atoms with Gasteiger partial charge in [-0.2, -0.15) is 5.26 Å². The van der Waals surface area contributed by atoms with E-state index in [1.807, 2.05) is 19.9 Å². The van der Waals surface area contributed by atoms with E-state index in [4.69, 9.17) is 16.9 Å². The number of pyridine rings is 2. The van der Waals surface area contributed by atoms with Crippen molar-refractivity contribution in [2.24, 2.45) is 0 Å². The Hall–Kier alpha value is -2.65. The number of H-pyrrole nitrogens is 1. The summed E-state index contributed by atoms with van der Waals surface area (Å²) >= 11 is 6.41. The number of fused-ring (bicyclic) bond motifs is 1. The van der Waals surface area contributed by atoms with Crippen LogP contribution in [0.3, 0.4) is 0 Å². The first kappa shape index (κ1) is 16.2. The van der Waals surface area contributed by atoms with Crippen LogP contribution in [0, 0.1) is 11.3 Å². The zero-order valence-corrected chi connectivity index (χ0v) is 14.1. The van der Waals surface area contributed by atoms with Crippen molar-refractivity contribution < 1.29 is 0 Å². The van der Waals surface area contributed by atoms with Gasteiger partial charge >= 0.3 is 5.69 Å². The molecule has 0 aliphatic carbocycles. The summed E-state index contributed by atoms with van der Waals surface area (Å²) in [4.78, 5) is 23.5. The number of aromatic amines is 1. The molecular formula is C17H16ClN5O. The molecule has 122 valence electrons. The van der Waals surface area contributed by atoms with Gasteiger partial charge in [0.05, 0.1) is 10.5 Å². The molecule has 7 heteroatoms.